The first-order chi connectivity index (χ1) is 12.7. The van der Waals surface area contributed by atoms with Gasteiger partial charge < -0.3 is 14.0 Å². The first-order valence-electron chi connectivity index (χ1n) is 8.50. The van der Waals surface area contributed by atoms with E-state index in [1.54, 1.807) is 24.4 Å². The number of nitrogens with one attached hydrogen (secondary N) is 1. The number of rotatable bonds is 4. The fourth-order valence-corrected chi connectivity index (χ4v) is 3.29. The molecule has 6 nitrogen and oxygen atoms in total. The topological polar surface area (TPSA) is 64.9 Å². The van der Waals surface area contributed by atoms with Crippen LogP contribution in [0.4, 0.5) is 0 Å². The van der Waals surface area contributed by atoms with Crippen molar-refractivity contribution < 1.29 is 14.3 Å². The number of carbonyl (C=O) groups excluding carboxylic acids is 1. The summed E-state index contributed by atoms with van der Waals surface area (Å²) in [6, 6.07) is 13.2. The molecule has 132 valence electrons. The second-order valence-electron chi connectivity index (χ2n) is 6.03. The lowest BCUT2D eigenvalue weighted by Gasteiger charge is -2.03. The molecule has 0 unspecified atom stereocenters. The summed E-state index contributed by atoms with van der Waals surface area (Å²) in [5, 5.41) is 5.28. The number of fused-ring (bicyclic) bond motifs is 2. The molecule has 1 aromatic heterocycles. The number of nitrogens with zero attached hydrogens (tertiary/aromatic N) is 2. The normalized spacial score (nSPS) is 12.8. The van der Waals surface area contributed by atoms with Gasteiger partial charge >= 0.3 is 0 Å². The van der Waals surface area contributed by atoms with Crippen LogP contribution in [-0.4, -0.2) is 23.5 Å². The fourth-order valence-electron chi connectivity index (χ4n) is 3.29. The number of aromatic nitrogens is 1. The van der Waals surface area contributed by atoms with Crippen molar-refractivity contribution in [2.75, 3.05) is 6.79 Å². The van der Waals surface area contributed by atoms with Gasteiger partial charge in [-0.2, -0.15) is 5.10 Å². The van der Waals surface area contributed by atoms with Crippen LogP contribution >= 0.6 is 0 Å². The van der Waals surface area contributed by atoms with E-state index >= 15 is 0 Å². The van der Waals surface area contributed by atoms with Crippen molar-refractivity contribution in [3.8, 4) is 11.5 Å². The molecule has 1 N–H and O–H groups in total. The number of amides is 1. The van der Waals surface area contributed by atoms with E-state index in [0.29, 0.717) is 17.1 Å². The number of ether oxygens (including phenoxy) is 2. The highest BCUT2D eigenvalue weighted by Gasteiger charge is 2.16. The van der Waals surface area contributed by atoms with Gasteiger partial charge in [-0.15, -0.1) is 0 Å². The summed E-state index contributed by atoms with van der Waals surface area (Å²) in [6.45, 7) is 5.23. The molecule has 0 fully saturated rings. The Morgan fingerprint density at radius 3 is 2.88 bits per heavy atom. The minimum Gasteiger partial charge on any atom is -0.454 e. The largest absolute Gasteiger partial charge is 0.454 e. The Labute approximate surface area is 151 Å². The predicted octanol–water partition coefficient (Wildman–Crippen LogP) is 3.46. The highest BCUT2D eigenvalue weighted by atomic mass is 16.7. The second kappa shape index (κ2) is 6.55. The Balaban J connectivity index is 1.56. The summed E-state index contributed by atoms with van der Waals surface area (Å²) in [5.74, 6) is 0.924. The van der Waals surface area contributed by atoms with Gasteiger partial charge in [-0.3, -0.25) is 4.79 Å². The van der Waals surface area contributed by atoms with Gasteiger partial charge in [-0.25, -0.2) is 5.43 Å². The zero-order valence-corrected chi connectivity index (χ0v) is 14.7. The molecule has 2 aromatic carbocycles. The minimum atomic E-state index is -0.295. The van der Waals surface area contributed by atoms with Crippen molar-refractivity contribution in [2.24, 2.45) is 5.10 Å². The van der Waals surface area contributed by atoms with Crippen LogP contribution < -0.4 is 14.9 Å². The molecule has 1 aliphatic heterocycles. The standard InChI is InChI=1S/C20H19N3O3/c1-3-23-13(2)16(15-6-4-5-7-17(15)23)11-21-22-20(24)14-8-9-18-19(10-14)26-12-25-18/h4-11H,3,12H2,1-2H3,(H,22,24)/b21-11-. The SMILES string of the molecule is CCn1c(C)c(/C=N\NC(=O)c2ccc3c(c2)OCO3)c2ccccc21. The van der Waals surface area contributed by atoms with Gasteiger partial charge in [-0.1, -0.05) is 18.2 Å². The lowest BCUT2D eigenvalue weighted by Crippen LogP contribution is -2.17. The predicted molar refractivity (Wildman–Crippen MR) is 100.0 cm³/mol. The van der Waals surface area contributed by atoms with Crippen LogP contribution in [0.1, 0.15) is 28.5 Å². The van der Waals surface area contributed by atoms with Crippen molar-refractivity contribution >= 4 is 23.0 Å². The van der Waals surface area contributed by atoms with Crippen LogP contribution in [-0.2, 0) is 6.54 Å². The van der Waals surface area contributed by atoms with Crippen molar-refractivity contribution in [3.05, 3.63) is 59.3 Å². The van der Waals surface area contributed by atoms with Gasteiger partial charge in [0.05, 0.1) is 6.21 Å². The van der Waals surface area contributed by atoms with E-state index < -0.39 is 0 Å². The van der Waals surface area contributed by atoms with Gasteiger partial charge in [0.15, 0.2) is 11.5 Å². The third-order valence-electron chi connectivity index (χ3n) is 4.59. The molecule has 0 atom stereocenters. The molecule has 1 amide bonds. The molecule has 0 aliphatic carbocycles. The molecule has 4 rings (SSSR count). The second-order valence-corrected chi connectivity index (χ2v) is 6.03. The zero-order chi connectivity index (χ0) is 18.1. The van der Waals surface area contributed by atoms with Crippen LogP contribution in [0, 0.1) is 6.92 Å². The van der Waals surface area contributed by atoms with Crippen LogP contribution in [0.5, 0.6) is 11.5 Å². The summed E-state index contributed by atoms with van der Waals surface area (Å²) in [5.41, 5.74) is 6.35. The fraction of sp³-hybridized carbons (Fsp3) is 0.200. The number of hydrogen-bond acceptors (Lipinski definition) is 4. The van der Waals surface area contributed by atoms with Crippen LogP contribution in [0.3, 0.4) is 0 Å². The molecule has 0 radical (unpaired) electrons. The maximum absolute atomic E-state index is 12.3. The Kier molecular flexibility index (Phi) is 4.08. The summed E-state index contributed by atoms with van der Waals surface area (Å²) in [4.78, 5) is 12.3. The molecule has 0 saturated heterocycles. The summed E-state index contributed by atoms with van der Waals surface area (Å²) >= 11 is 0. The van der Waals surface area contributed by atoms with Crippen molar-refractivity contribution in [2.45, 2.75) is 20.4 Å². The maximum Gasteiger partial charge on any atom is 0.271 e. The lowest BCUT2D eigenvalue weighted by molar-refractivity contribution is 0.0954. The molecule has 0 saturated carbocycles. The molecule has 3 aromatic rings. The van der Waals surface area contributed by atoms with E-state index in [1.807, 2.05) is 12.1 Å². The number of hydrazone groups is 1. The highest BCUT2D eigenvalue weighted by Crippen LogP contribution is 2.32. The number of aryl methyl sites for hydroxylation is 1. The monoisotopic (exact) mass is 349 g/mol. The van der Waals surface area contributed by atoms with E-state index in [9.17, 15) is 4.79 Å². The van der Waals surface area contributed by atoms with Crippen LogP contribution in [0.25, 0.3) is 10.9 Å². The summed E-state index contributed by atoms with van der Waals surface area (Å²) in [7, 11) is 0. The van der Waals surface area contributed by atoms with Gasteiger partial charge in [0.1, 0.15) is 0 Å². The average molecular weight is 349 g/mol. The van der Waals surface area contributed by atoms with E-state index in [1.165, 1.54) is 0 Å². The first kappa shape index (κ1) is 16.2. The molecular formula is C20H19N3O3. The average Bonchev–Trinajstić information content (AvgIpc) is 3.23. The van der Waals surface area contributed by atoms with Crippen molar-refractivity contribution in [1.82, 2.24) is 9.99 Å². The van der Waals surface area contributed by atoms with Crippen molar-refractivity contribution in [1.29, 1.82) is 0 Å². The van der Waals surface area contributed by atoms with E-state index in [4.69, 9.17) is 9.47 Å². The van der Waals surface area contributed by atoms with E-state index in [2.05, 4.69) is 41.1 Å². The summed E-state index contributed by atoms with van der Waals surface area (Å²) in [6.07, 6.45) is 1.70. The molecule has 6 heteroatoms. The Hall–Kier alpha value is -3.28. The minimum absolute atomic E-state index is 0.180. The number of carbonyl (C=O) groups is 1. The molecule has 0 bridgehead atoms. The number of hydrogen-bond donors (Lipinski definition) is 1. The molecule has 2 heterocycles. The van der Waals surface area contributed by atoms with Gasteiger partial charge in [0.25, 0.3) is 5.91 Å². The zero-order valence-electron chi connectivity index (χ0n) is 14.7. The van der Waals surface area contributed by atoms with E-state index in [-0.39, 0.29) is 12.7 Å². The maximum atomic E-state index is 12.3. The molecule has 1 aliphatic rings. The van der Waals surface area contributed by atoms with Crippen molar-refractivity contribution in [3.63, 3.8) is 0 Å². The Bertz CT molecular complexity index is 1020. The van der Waals surface area contributed by atoms with Crippen LogP contribution in [0.2, 0.25) is 0 Å². The number of benzene rings is 2. The highest BCUT2D eigenvalue weighted by molar-refractivity contribution is 6.02. The van der Waals surface area contributed by atoms with Gasteiger partial charge in [-0.05, 0) is 38.1 Å². The first-order valence-corrected chi connectivity index (χ1v) is 8.50. The van der Waals surface area contributed by atoms with E-state index in [0.717, 1.165) is 28.7 Å². The third-order valence-corrected chi connectivity index (χ3v) is 4.59. The quantitative estimate of drug-likeness (QED) is 0.579. The molecule has 26 heavy (non-hydrogen) atoms. The number of para-hydroxylation sites is 1. The Morgan fingerprint density at radius 2 is 2.04 bits per heavy atom. The molecular weight excluding hydrogens is 330 g/mol. The molecule has 0 spiro atoms. The van der Waals surface area contributed by atoms with Crippen LogP contribution in [0.15, 0.2) is 47.6 Å². The van der Waals surface area contributed by atoms with Gasteiger partial charge in [0, 0.05) is 34.3 Å². The Morgan fingerprint density at radius 1 is 1.23 bits per heavy atom. The smallest absolute Gasteiger partial charge is 0.271 e. The lowest BCUT2D eigenvalue weighted by atomic mass is 10.1. The third kappa shape index (κ3) is 2.69. The summed E-state index contributed by atoms with van der Waals surface area (Å²) < 4.78 is 12.8. The van der Waals surface area contributed by atoms with Gasteiger partial charge in [0.2, 0.25) is 6.79 Å².